The summed E-state index contributed by atoms with van der Waals surface area (Å²) in [5, 5.41) is 0. The molecule has 2 unspecified atom stereocenters. The normalized spacial score (nSPS) is 27.1. The van der Waals surface area contributed by atoms with E-state index in [1.807, 2.05) is 27.7 Å². The van der Waals surface area contributed by atoms with Crippen molar-refractivity contribution < 1.29 is 19.1 Å². The van der Waals surface area contributed by atoms with E-state index >= 15 is 0 Å². The van der Waals surface area contributed by atoms with Crippen LogP contribution in [0.25, 0.3) is 0 Å². The van der Waals surface area contributed by atoms with Gasteiger partial charge < -0.3 is 20.1 Å². The molecule has 2 atom stereocenters. The number of nitrogens with zero attached hydrogens (tertiary/aromatic N) is 1. The molecule has 6 nitrogen and oxygen atoms in total. The van der Waals surface area contributed by atoms with Crippen LogP contribution in [0.4, 0.5) is 4.79 Å². The molecule has 1 aliphatic heterocycles. The number of rotatable bonds is 2. The molecule has 0 aromatic carbocycles. The standard InChI is InChI=1S/C14H26N2O4/c1-10-6-7-14(15,8-11(17)19-5)9-16(10)12(18)20-13(2,3)4/h10H,6-9,15H2,1-5H3. The van der Waals surface area contributed by atoms with E-state index in [2.05, 4.69) is 4.74 Å². The number of hydrogen-bond donors (Lipinski definition) is 1. The lowest BCUT2D eigenvalue weighted by Crippen LogP contribution is -2.60. The largest absolute Gasteiger partial charge is 0.469 e. The number of methoxy groups -OCH3 is 1. The summed E-state index contributed by atoms with van der Waals surface area (Å²) in [5.41, 5.74) is 4.95. The first-order chi connectivity index (χ1) is 9.06. The third-order valence-corrected chi connectivity index (χ3v) is 3.43. The minimum absolute atomic E-state index is 0.0548. The average molecular weight is 286 g/mol. The van der Waals surface area contributed by atoms with Crippen LogP contribution in [0.1, 0.15) is 47.0 Å². The van der Waals surface area contributed by atoms with Crippen LogP contribution < -0.4 is 5.73 Å². The lowest BCUT2D eigenvalue weighted by Gasteiger charge is -2.43. The van der Waals surface area contributed by atoms with Gasteiger partial charge in [-0.25, -0.2) is 4.79 Å². The minimum atomic E-state index is -0.740. The van der Waals surface area contributed by atoms with Crippen molar-refractivity contribution in [2.75, 3.05) is 13.7 Å². The van der Waals surface area contributed by atoms with Crippen molar-refractivity contribution in [2.24, 2.45) is 5.73 Å². The maximum Gasteiger partial charge on any atom is 0.410 e. The lowest BCUT2D eigenvalue weighted by atomic mass is 9.84. The molecule has 0 aliphatic carbocycles. The highest BCUT2D eigenvalue weighted by Crippen LogP contribution is 2.28. The molecule has 0 spiro atoms. The van der Waals surface area contributed by atoms with Crippen molar-refractivity contribution in [3.8, 4) is 0 Å². The summed E-state index contributed by atoms with van der Waals surface area (Å²) in [6.45, 7) is 7.73. The Bertz CT molecular complexity index is 378. The smallest absolute Gasteiger partial charge is 0.410 e. The summed E-state index contributed by atoms with van der Waals surface area (Å²) in [7, 11) is 1.34. The van der Waals surface area contributed by atoms with E-state index in [4.69, 9.17) is 10.5 Å². The molecular formula is C14H26N2O4. The molecule has 0 aromatic heterocycles. The van der Waals surface area contributed by atoms with E-state index in [1.54, 1.807) is 4.90 Å². The fraction of sp³-hybridized carbons (Fsp3) is 0.857. The van der Waals surface area contributed by atoms with E-state index in [-0.39, 0.29) is 24.5 Å². The quantitative estimate of drug-likeness (QED) is 0.781. The van der Waals surface area contributed by atoms with Crippen molar-refractivity contribution in [1.29, 1.82) is 0 Å². The van der Waals surface area contributed by atoms with Crippen LogP contribution in [0.5, 0.6) is 0 Å². The van der Waals surface area contributed by atoms with E-state index in [0.717, 1.165) is 6.42 Å². The lowest BCUT2D eigenvalue weighted by molar-refractivity contribution is -0.142. The van der Waals surface area contributed by atoms with Gasteiger partial charge in [-0.1, -0.05) is 0 Å². The molecule has 0 aromatic rings. The molecular weight excluding hydrogens is 260 g/mol. The van der Waals surface area contributed by atoms with E-state index < -0.39 is 11.1 Å². The molecule has 2 N–H and O–H groups in total. The molecule has 0 saturated carbocycles. The van der Waals surface area contributed by atoms with Crippen LogP contribution in [-0.2, 0) is 14.3 Å². The van der Waals surface area contributed by atoms with Gasteiger partial charge in [0.25, 0.3) is 0 Å². The number of carbonyl (C=O) groups excluding carboxylic acids is 2. The Morgan fingerprint density at radius 1 is 1.40 bits per heavy atom. The maximum absolute atomic E-state index is 12.2. The molecule has 116 valence electrons. The van der Waals surface area contributed by atoms with Crippen LogP contribution >= 0.6 is 0 Å². The Kier molecular flexibility index (Phi) is 5.02. The average Bonchev–Trinajstić information content (AvgIpc) is 2.30. The van der Waals surface area contributed by atoms with Crippen molar-refractivity contribution in [1.82, 2.24) is 4.90 Å². The molecule has 1 aliphatic rings. The topological polar surface area (TPSA) is 81.9 Å². The van der Waals surface area contributed by atoms with Crippen LogP contribution in [0.15, 0.2) is 0 Å². The van der Waals surface area contributed by atoms with E-state index in [0.29, 0.717) is 13.0 Å². The number of likely N-dealkylation sites (tertiary alicyclic amines) is 1. The fourth-order valence-corrected chi connectivity index (χ4v) is 2.30. The van der Waals surface area contributed by atoms with Crippen LogP contribution in [-0.4, -0.2) is 47.8 Å². The Hall–Kier alpha value is -1.30. The van der Waals surface area contributed by atoms with Gasteiger partial charge >= 0.3 is 12.1 Å². The molecule has 0 bridgehead atoms. The second-order valence-corrected chi connectivity index (χ2v) is 6.61. The Balaban J connectivity index is 2.75. The zero-order valence-corrected chi connectivity index (χ0v) is 13.1. The molecule has 6 heteroatoms. The van der Waals surface area contributed by atoms with Gasteiger partial charge in [-0.15, -0.1) is 0 Å². The first kappa shape index (κ1) is 16.8. The molecule has 1 fully saturated rings. The Morgan fingerprint density at radius 3 is 2.50 bits per heavy atom. The van der Waals surface area contributed by atoms with E-state index in [9.17, 15) is 9.59 Å². The summed E-state index contributed by atoms with van der Waals surface area (Å²) in [4.78, 5) is 25.2. The third-order valence-electron chi connectivity index (χ3n) is 3.43. The highest BCUT2D eigenvalue weighted by molar-refractivity contribution is 5.72. The third kappa shape index (κ3) is 4.67. The number of esters is 1. The second kappa shape index (κ2) is 5.99. The number of hydrogen-bond acceptors (Lipinski definition) is 5. The van der Waals surface area contributed by atoms with Gasteiger partial charge in [-0.05, 0) is 40.5 Å². The number of nitrogens with two attached hydrogens (primary N) is 1. The highest BCUT2D eigenvalue weighted by Gasteiger charge is 2.40. The van der Waals surface area contributed by atoms with Crippen molar-refractivity contribution >= 4 is 12.1 Å². The van der Waals surface area contributed by atoms with Crippen molar-refractivity contribution in [3.63, 3.8) is 0 Å². The predicted octanol–water partition coefficient (Wildman–Crippen LogP) is 1.67. The summed E-state index contributed by atoms with van der Waals surface area (Å²) in [6.07, 6.45) is 1.15. The second-order valence-electron chi connectivity index (χ2n) is 6.61. The van der Waals surface area contributed by atoms with Gasteiger partial charge in [0.1, 0.15) is 5.60 Å². The Morgan fingerprint density at radius 2 is 2.00 bits per heavy atom. The fourth-order valence-electron chi connectivity index (χ4n) is 2.30. The van der Waals surface area contributed by atoms with Crippen LogP contribution in [0.2, 0.25) is 0 Å². The molecule has 1 rings (SSSR count). The van der Waals surface area contributed by atoms with Crippen LogP contribution in [0, 0.1) is 0 Å². The molecule has 1 heterocycles. The zero-order valence-electron chi connectivity index (χ0n) is 13.1. The molecule has 1 saturated heterocycles. The first-order valence-corrected chi connectivity index (χ1v) is 6.92. The summed E-state index contributed by atoms with van der Waals surface area (Å²) < 4.78 is 10.1. The highest BCUT2D eigenvalue weighted by atomic mass is 16.6. The molecule has 1 amide bonds. The SMILES string of the molecule is COC(=O)CC1(N)CCC(C)N(C(=O)OC(C)(C)C)C1. The van der Waals surface area contributed by atoms with Crippen molar-refractivity contribution in [2.45, 2.75) is 64.1 Å². The zero-order chi connectivity index (χ0) is 15.6. The van der Waals surface area contributed by atoms with Crippen molar-refractivity contribution in [3.05, 3.63) is 0 Å². The molecule has 0 radical (unpaired) electrons. The summed E-state index contributed by atoms with van der Waals surface area (Å²) in [6, 6.07) is 0.0548. The minimum Gasteiger partial charge on any atom is -0.469 e. The van der Waals surface area contributed by atoms with Gasteiger partial charge in [0.15, 0.2) is 0 Å². The van der Waals surface area contributed by atoms with Gasteiger partial charge in [-0.2, -0.15) is 0 Å². The predicted molar refractivity (Wildman–Crippen MR) is 75.2 cm³/mol. The summed E-state index contributed by atoms with van der Waals surface area (Å²) >= 11 is 0. The maximum atomic E-state index is 12.2. The number of amides is 1. The van der Waals surface area contributed by atoms with Gasteiger partial charge in [0.2, 0.25) is 0 Å². The van der Waals surface area contributed by atoms with Gasteiger partial charge in [0, 0.05) is 18.1 Å². The molecule has 20 heavy (non-hydrogen) atoms. The first-order valence-electron chi connectivity index (χ1n) is 6.92. The number of carbonyl (C=O) groups is 2. The van der Waals surface area contributed by atoms with Gasteiger partial charge in [-0.3, -0.25) is 4.79 Å². The van der Waals surface area contributed by atoms with Gasteiger partial charge in [0.05, 0.1) is 13.5 Å². The monoisotopic (exact) mass is 286 g/mol. The van der Waals surface area contributed by atoms with E-state index in [1.165, 1.54) is 7.11 Å². The Labute approximate surface area is 120 Å². The number of ether oxygens (including phenoxy) is 2. The summed E-state index contributed by atoms with van der Waals surface area (Å²) in [5.74, 6) is -0.355. The van der Waals surface area contributed by atoms with Crippen LogP contribution in [0.3, 0.4) is 0 Å². The number of piperidine rings is 1.